The summed E-state index contributed by atoms with van der Waals surface area (Å²) < 4.78 is 38.1. The van der Waals surface area contributed by atoms with Gasteiger partial charge in [-0.3, -0.25) is 14.4 Å². The van der Waals surface area contributed by atoms with Crippen LogP contribution >= 0.6 is 0 Å². The fourth-order valence-corrected chi connectivity index (χ4v) is 5.48. The molecular formula is C43H52O14. The van der Waals surface area contributed by atoms with E-state index in [1.807, 2.05) is 6.92 Å². The number of esters is 6. The third kappa shape index (κ3) is 16.4. The maximum absolute atomic E-state index is 11.2. The molecule has 1 aromatic carbocycles. The van der Waals surface area contributed by atoms with Gasteiger partial charge in [0.2, 0.25) is 0 Å². The second-order valence-corrected chi connectivity index (χ2v) is 13.5. The number of hydrogen-bond acceptors (Lipinski definition) is 14. The normalized spacial score (nSPS) is 25.1. The molecule has 1 aliphatic carbocycles. The van der Waals surface area contributed by atoms with Gasteiger partial charge >= 0.3 is 35.8 Å². The number of cyclic esters (lactones) is 6. The van der Waals surface area contributed by atoms with Gasteiger partial charge in [0.15, 0.2) is 6.10 Å². The molecule has 7 aliphatic rings. The molecule has 1 aromatic rings. The van der Waals surface area contributed by atoms with Crippen molar-refractivity contribution < 1.29 is 66.7 Å². The van der Waals surface area contributed by atoms with Gasteiger partial charge in [0.05, 0.1) is 68.7 Å². The van der Waals surface area contributed by atoms with Crippen LogP contribution in [0, 0.1) is 11.8 Å². The predicted molar refractivity (Wildman–Crippen MR) is 207 cm³/mol. The fourth-order valence-electron chi connectivity index (χ4n) is 5.48. The Morgan fingerprint density at radius 1 is 0.842 bits per heavy atom. The van der Waals surface area contributed by atoms with E-state index in [0.717, 1.165) is 30.3 Å². The van der Waals surface area contributed by atoms with Crippen LogP contribution in [0.4, 0.5) is 0 Å². The third-order valence-electron chi connectivity index (χ3n) is 8.77. The SMILES string of the molecule is C=C(C)c1ccc2c(c1)C(=O)OC2=O.C=C1CC(=O)O1.C=CC1CCC2OC2C1.C=CCC1CC(=O)OC1=O.C=CCOC1CCOC1=O.C=CCOCC1CO1. The van der Waals surface area contributed by atoms with Crippen molar-refractivity contribution in [2.45, 2.75) is 76.3 Å². The van der Waals surface area contributed by atoms with E-state index >= 15 is 0 Å². The zero-order valence-electron chi connectivity index (χ0n) is 32.4. The van der Waals surface area contributed by atoms with Gasteiger partial charge in [-0.2, -0.15) is 0 Å². The number of hydrogen-bond donors (Lipinski definition) is 0. The lowest BCUT2D eigenvalue weighted by Gasteiger charge is -2.12. The van der Waals surface area contributed by atoms with Crippen LogP contribution in [0.1, 0.15) is 78.1 Å². The lowest BCUT2D eigenvalue weighted by molar-refractivity contribution is -0.153. The molecule has 6 fully saturated rings. The Hall–Kier alpha value is -5.28. The summed E-state index contributed by atoms with van der Waals surface area (Å²) in [6.07, 6.45) is 14.0. The highest BCUT2D eigenvalue weighted by molar-refractivity contribution is 6.15. The van der Waals surface area contributed by atoms with Crippen LogP contribution in [-0.4, -0.2) is 93.3 Å². The summed E-state index contributed by atoms with van der Waals surface area (Å²) >= 11 is 0. The van der Waals surface area contributed by atoms with E-state index in [1.165, 1.54) is 19.3 Å². The smallest absolute Gasteiger partial charge is 0.346 e. The molecule has 0 N–H and O–H groups in total. The highest BCUT2D eigenvalue weighted by atomic mass is 16.6. The van der Waals surface area contributed by atoms with Crippen LogP contribution in [0.25, 0.3) is 5.57 Å². The minimum atomic E-state index is -0.576. The van der Waals surface area contributed by atoms with Crippen molar-refractivity contribution in [2.24, 2.45) is 11.8 Å². The number of rotatable bonds is 11. The summed E-state index contributed by atoms with van der Waals surface area (Å²) in [7, 11) is 0. The molecule has 0 radical (unpaired) electrons. The second-order valence-electron chi connectivity index (χ2n) is 13.5. The first-order valence-corrected chi connectivity index (χ1v) is 18.6. The van der Waals surface area contributed by atoms with E-state index < -0.39 is 23.9 Å². The van der Waals surface area contributed by atoms with Crippen molar-refractivity contribution in [3.8, 4) is 0 Å². The molecule has 1 saturated carbocycles. The first kappa shape index (κ1) is 46.1. The maximum atomic E-state index is 11.2. The molecule has 5 saturated heterocycles. The van der Waals surface area contributed by atoms with Gasteiger partial charge in [-0.1, -0.05) is 49.1 Å². The monoisotopic (exact) mass is 792 g/mol. The van der Waals surface area contributed by atoms with Gasteiger partial charge in [-0.05, 0) is 56.2 Å². The molecule has 57 heavy (non-hydrogen) atoms. The zero-order valence-corrected chi connectivity index (χ0v) is 32.4. The Labute approximate surface area is 333 Å². The summed E-state index contributed by atoms with van der Waals surface area (Å²) in [6.45, 7) is 26.3. The molecule has 14 heteroatoms. The van der Waals surface area contributed by atoms with Gasteiger partial charge in [0, 0.05) is 6.42 Å². The Balaban J connectivity index is 0.000000186. The van der Waals surface area contributed by atoms with Crippen molar-refractivity contribution in [1.29, 1.82) is 0 Å². The molecule has 6 atom stereocenters. The standard InChI is InChI=1S/C11H8O3.C8H12O.C7H10O3.C7H8O3.C6H10O2.C4H4O2/c1-6(2)7-3-4-8-9(5-7)11(13)14-10(8)12;1-2-6-3-4-7-8(5-6)9-7;1-2-4-9-6-3-5-10-7(6)8;1-2-3-5-4-6(8)10-7(5)9;1-2-3-7-4-6-5-8-6;1-3-2-4(5)6-3/h3-5H,1H2,2H3;2,6-8H,1,3-5H2;2,6H,1,3-5H2;2,5H,1,3-4H2;2,6H,1,3-5H2;1-2H2. The topological polar surface area (TPSA) is 183 Å². The number of fused-ring (bicyclic) bond motifs is 2. The number of carbonyl (C=O) groups excluding carboxylic acids is 6. The van der Waals surface area contributed by atoms with E-state index in [2.05, 4.69) is 64.5 Å². The fraction of sp³-hybridized carbons (Fsp3) is 0.442. The van der Waals surface area contributed by atoms with E-state index in [0.29, 0.717) is 74.3 Å². The zero-order chi connectivity index (χ0) is 41.9. The minimum Gasteiger partial charge on any atom is -0.464 e. The molecular weight excluding hydrogens is 740 g/mol. The summed E-state index contributed by atoms with van der Waals surface area (Å²) in [5.41, 5.74) is 2.35. The number of ether oxygens (including phenoxy) is 8. The van der Waals surface area contributed by atoms with Gasteiger partial charge in [-0.15, -0.1) is 26.3 Å². The van der Waals surface area contributed by atoms with Gasteiger partial charge in [0.1, 0.15) is 18.3 Å². The Morgan fingerprint density at radius 3 is 2.04 bits per heavy atom. The molecule has 0 amide bonds. The molecule has 6 heterocycles. The van der Waals surface area contributed by atoms with Crippen molar-refractivity contribution >= 4 is 41.4 Å². The largest absolute Gasteiger partial charge is 0.464 e. The lowest BCUT2D eigenvalue weighted by atomic mass is 9.90. The van der Waals surface area contributed by atoms with Gasteiger partial charge < -0.3 is 37.9 Å². The van der Waals surface area contributed by atoms with Crippen LogP contribution in [0.2, 0.25) is 0 Å². The van der Waals surface area contributed by atoms with Crippen molar-refractivity contribution in [1.82, 2.24) is 0 Å². The van der Waals surface area contributed by atoms with Crippen LogP contribution < -0.4 is 0 Å². The second kappa shape index (κ2) is 23.7. The predicted octanol–water partition coefficient (Wildman–Crippen LogP) is 5.96. The van der Waals surface area contributed by atoms with E-state index in [4.69, 9.17) is 18.9 Å². The Bertz CT molecular complexity index is 1670. The highest BCUT2D eigenvalue weighted by Crippen LogP contribution is 2.39. The maximum Gasteiger partial charge on any atom is 0.346 e. The van der Waals surface area contributed by atoms with Crippen LogP contribution in [0.5, 0.6) is 0 Å². The van der Waals surface area contributed by atoms with Crippen molar-refractivity contribution in [3.63, 3.8) is 0 Å². The molecule has 6 unspecified atom stereocenters. The minimum absolute atomic E-state index is 0.167. The first-order valence-electron chi connectivity index (χ1n) is 18.6. The molecule has 308 valence electrons. The molecule has 0 aromatic heterocycles. The van der Waals surface area contributed by atoms with Crippen LogP contribution in [-0.2, 0) is 57.1 Å². The average molecular weight is 793 g/mol. The summed E-state index contributed by atoms with van der Waals surface area (Å²) in [5, 5.41) is 0. The van der Waals surface area contributed by atoms with Gasteiger partial charge in [0.25, 0.3) is 0 Å². The van der Waals surface area contributed by atoms with Crippen molar-refractivity contribution in [3.05, 3.63) is 104 Å². The van der Waals surface area contributed by atoms with E-state index in [1.54, 1.807) is 36.4 Å². The van der Waals surface area contributed by atoms with Gasteiger partial charge in [-0.25, -0.2) is 14.4 Å². The van der Waals surface area contributed by atoms with Crippen LogP contribution in [0.15, 0.2) is 87.7 Å². The molecule has 0 bridgehead atoms. The number of benzene rings is 1. The molecule has 0 spiro atoms. The summed E-state index contributed by atoms with van der Waals surface area (Å²) in [5.74, 6) is -1.34. The summed E-state index contributed by atoms with van der Waals surface area (Å²) in [4.78, 5) is 63.9. The van der Waals surface area contributed by atoms with E-state index in [-0.39, 0.29) is 30.4 Å². The number of epoxide rings is 2. The average Bonchev–Trinajstić information content (AvgIpc) is 4.07. The van der Waals surface area contributed by atoms with Crippen molar-refractivity contribution in [2.75, 3.05) is 33.0 Å². The lowest BCUT2D eigenvalue weighted by Crippen LogP contribution is -2.18. The quantitative estimate of drug-likeness (QED) is 0.0639. The molecule has 14 nitrogen and oxygen atoms in total. The highest BCUT2D eigenvalue weighted by Gasteiger charge is 2.43. The molecule has 6 aliphatic heterocycles. The number of carbonyl (C=O) groups is 6. The summed E-state index contributed by atoms with van der Waals surface area (Å²) in [6, 6.07) is 4.97. The Kier molecular flexibility index (Phi) is 19.2. The van der Waals surface area contributed by atoms with E-state index in [9.17, 15) is 28.8 Å². The van der Waals surface area contributed by atoms with Crippen LogP contribution in [0.3, 0.4) is 0 Å². The third-order valence-corrected chi connectivity index (χ3v) is 8.77. The Morgan fingerprint density at radius 2 is 1.54 bits per heavy atom. The molecule has 8 rings (SSSR count). The first-order chi connectivity index (χ1) is 27.3. The number of allylic oxidation sites excluding steroid dienone is 3.